The lowest BCUT2D eigenvalue weighted by Gasteiger charge is -2.44. The molecule has 3 rings (SSSR count). The van der Waals surface area contributed by atoms with E-state index in [0.29, 0.717) is 19.6 Å². The van der Waals surface area contributed by atoms with E-state index in [1.165, 1.54) is 10.4 Å². The van der Waals surface area contributed by atoms with Crippen molar-refractivity contribution in [3.05, 3.63) is 60.7 Å². The summed E-state index contributed by atoms with van der Waals surface area (Å²) in [5.74, 6) is 0. The van der Waals surface area contributed by atoms with Gasteiger partial charge in [0, 0.05) is 19.6 Å². The molecule has 28 heavy (non-hydrogen) atoms. The second-order valence-corrected chi connectivity index (χ2v) is 13.4. The van der Waals surface area contributed by atoms with E-state index in [0.717, 1.165) is 12.8 Å². The van der Waals surface area contributed by atoms with E-state index in [1.54, 1.807) is 0 Å². The summed E-state index contributed by atoms with van der Waals surface area (Å²) in [5, 5.41) is 13.0. The molecule has 1 aliphatic heterocycles. The normalized spacial score (nSPS) is 23.5. The molecule has 0 spiro atoms. The van der Waals surface area contributed by atoms with Crippen LogP contribution < -0.4 is 10.4 Å². The van der Waals surface area contributed by atoms with Crippen molar-refractivity contribution in [3.63, 3.8) is 0 Å². The molecule has 1 aliphatic rings. The summed E-state index contributed by atoms with van der Waals surface area (Å²) in [5.41, 5.74) is -0.524. The van der Waals surface area contributed by atoms with Crippen LogP contribution in [0.1, 0.15) is 47.0 Å². The zero-order valence-corrected chi connectivity index (χ0v) is 18.7. The smallest absolute Gasteiger partial charge is 0.261 e. The SMILES string of the molecule is CC(C)(C)[Si](OCC[C@]1(C)OCCCC1O)(c1ccccc1)c1ccccc1. The Labute approximate surface area is 170 Å². The highest BCUT2D eigenvalue weighted by atomic mass is 28.4. The highest BCUT2D eigenvalue weighted by molar-refractivity contribution is 6.99. The zero-order chi connectivity index (χ0) is 20.3. The Morgan fingerprint density at radius 2 is 1.57 bits per heavy atom. The van der Waals surface area contributed by atoms with Gasteiger partial charge < -0.3 is 14.3 Å². The third-order valence-corrected chi connectivity index (χ3v) is 11.1. The van der Waals surface area contributed by atoms with Crippen LogP contribution in [-0.2, 0) is 9.16 Å². The summed E-state index contributed by atoms with van der Waals surface area (Å²) in [6, 6.07) is 21.4. The molecule has 0 amide bonds. The van der Waals surface area contributed by atoms with Crippen molar-refractivity contribution in [2.75, 3.05) is 13.2 Å². The Bertz CT molecular complexity index is 702. The van der Waals surface area contributed by atoms with Gasteiger partial charge in [-0.3, -0.25) is 0 Å². The number of aliphatic hydroxyl groups excluding tert-OH is 1. The van der Waals surface area contributed by atoms with Crippen LogP contribution in [0.25, 0.3) is 0 Å². The van der Waals surface area contributed by atoms with Gasteiger partial charge in [-0.1, -0.05) is 81.4 Å². The Hall–Kier alpha value is -1.46. The van der Waals surface area contributed by atoms with Crippen LogP contribution in [0.15, 0.2) is 60.7 Å². The monoisotopic (exact) mass is 398 g/mol. The number of aliphatic hydroxyl groups is 1. The fraction of sp³-hybridized carbons (Fsp3) is 0.500. The lowest BCUT2D eigenvalue weighted by Crippen LogP contribution is -2.67. The zero-order valence-electron chi connectivity index (χ0n) is 17.7. The predicted molar refractivity (Wildman–Crippen MR) is 118 cm³/mol. The summed E-state index contributed by atoms with van der Waals surface area (Å²) in [4.78, 5) is 0. The highest BCUT2D eigenvalue weighted by Gasteiger charge is 2.50. The molecule has 2 aromatic rings. The predicted octanol–water partition coefficient (Wildman–Crippen LogP) is 3.88. The number of hydrogen-bond acceptors (Lipinski definition) is 3. The van der Waals surface area contributed by atoms with Crippen molar-refractivity contribution in [2.45, 2.75) is 63.7 Å². The molecule has 0 radical (unpaired) electrons. The van der Waals surface area contributed by atoms with Crippen LogP contribution in [0.4, 0.5) is 0 Å². The molecule has 0 aromatic heterocycles. The van der Waals surface area contributed by atoms with E-state index >= 15 is 0 Å². The molecule has 1 saturated heterocycles. The molecule has 0 aliphatic carbocycles. The molecular formula is C24H34O3Si. The number of ether oxygens (including phenoxy) is 1. The van der Waals surface area contributed by atoms with Crippen LogP contribution >= 0.6 is 0 Å². The van der Waals surface area contributed by atoms with Gasteiger partial charge in [0.2, 0.25) is 0 Å². The molecule has 4 heteroatoms. The van der Waals surface area contributed by atoms with Crippen LogP contribution in [0.3, 0.4) is 0 Å². The summed E-state index contributed by atoms with van der Waals surface area (Å²) < 4.78 is 12.9. The molecule has 0 saturated carbocycles. The topological polar surface area (TPSA) is 38.7 Å². The van der Waals surface area contributed by atoms with Crippen molar-refractivity contribution in [3.8, 4) is 0 Å². The van der Waals surface area contributed by atoms with Crippen molar-refractivity contribution in [2.24, 2.45) is 0 Å². The highest BCUT2D eigenvalue weighted by Crippen LogP contribution is 2.37. The maximum atomic E-state index is 10.5. The average Bonchev–Trinajstić information content (AvgIpc) is 2.68. The van der Waals surface area contributed by atoms with Gasteiger partial charge >= 0.3 is 0 Å². The molecule has 1 heterocycles. The number of rotatable bonds is 6. The van der Waals surface area contributed by atoms with Crippen molar-refractivity contribution in [1.29, 1.82) is 0 Å². The molecule has 2 aromatic carbocycles. The van der Waals surface area contributed by atoms with Gasteiger partial charge in [0.15, 0.2) is 0 Å². The Morgan fingerprint density at radius 1 is 1.04 bits per heavy atom. The summed E-state index contributed by atoms with van der Waals surface area (Å²) >= 11 is 0. The van der Waals surface area contributed by atoms with Crippen LogP contribution in [-0.4, -0.2) is 38.3 Å². The van der Waals surface area contributed by atoms with Gasteiger partial charge in [-0.2, -0.15) is 0 Å². The van der Waals surface area contributed by atoms with E-state index in [2.05, 4.69) is 81.4 Å². The standard InChI is InChI=1S/C24H34O3Si/c1-23(2,3)28(20-12-7-5-8-13-20,21-14-9-6-10-15-21)27-19-17-24(4)22(25)16-11-18-26-24/h5-10,12-15,22,25H,11,16-19H2,1-4H3/t22?,24-/m0/s1. The van der Waals surface area contributed by atoms with Crippen LogP contribution in [0, 0.1) is 0 Å². The lowest BCUT2D eigenvalue weighted by atomic mass is 9.90. The van der Waals surface area contributed by atoms with E-state index in [4.69, 9.17) is 9.16 Å². The van der Waals surface area contributed by atoms with Gasteiger partial charge in [-0.05, 0) is 35.2 Å². The van der Waals surface area contributed by atoms with Crippen LogP contribution in [0.5, 0.6) is 0 Å². The van der Waals surface area contributed by atoms with E-state index in [-0.39, 0.29) is 5.04 Å². The maximum Gasteiger partial charge on any atom is 0.261 e. The Balaban J connectivity index is 1.95. The molecule has 152 valence electrons. The van der Waals surface area contributed by atoms with Gasteiger partial charge in [-0.15, -0.1) is 0 Å². The molecule has 3 nitrogen and oxygen atoms in total. The van der Waals surface area contributed by atoms with Gasteiger partial charge in [0.05, 0.1) is 11.7 Å². The lowest BCUT2D eigenvalue weighted by molar-refractivity contribution is -0.150. The molecule has 1 fully saturated rings. The molecule has 1 unspecified atom stereocenters. The molecule has 0 bridgehead atoms. The largest absolute Gasteiger partial charge is 0.407 e. The summed E-state index contributed by atoms with van der Waals surface area (Å²) in [7, 11) is -2.53. The second kappa shape index (κ2) is 8.50. The van der Waals surface area contributed by atoms with Crippen molar-refractivity contribution < 1.29 is 14.3 Å². The van der Waals surface area contributed by atoms with E-state index in [9.17, 15) is 5.11 Å². The molecule has 1 N–H and O–H groups in total. The Kier molecular flexibility index (Phi) is 6.45. The Morgan fingerprint density at radius 3 is 2.04 bits per heavy atom. The minimum absolute atomic E-state index is 0.0390. The first-order valence-electron chi connectivity index (χ1n) is 10.4. The van der Waals surface area contributed by atoms with Gasteiger partial charge in [0.25, 0.3) is 8.32 Å². The van der Waals surface area contributed by atoms with Crippen molar-refractivity contribution >= 4 is 18.7 Å². The minimum Gasteiger partial charge on any atom is -0.407 e. The number of benzene rings is 2. The van der Waals surface area contributed by atoms with Gasteiger partial charge in [-0.25, -0.2) is 0 Å². The van der Waals surface area contributed by atoms with E-state index in [1.807, 2.05) is 6.92 Å². The fourth-order valence-electron chi connectivity index (χ4n) is 4.39. The first kappa shape index (κ1) is 21.3. The second-order valence-electron chi connectivity index (χ2n) is 9.08. The summed E-state index contributed by atoms with van der Waals surface area (Å²) in [6.07, 6.45) is 1.99. The fourth-order valence-corrected chi connectivity index (χ4v) is 8.95. The average molecular weight is 399 g/mol. The summed E-state index contributed by atoms with van der Waals surface area (Å²) in [6.45, 7) is 10.2. The van der Waals surface area contributed by atoms with Crippen LogP contribution in [0.2, 0.25) is 5.04 Å². The van der Waals surface area contributed by atoms with Gasteiger partial charge in [0.1, 0.15) is 0 Å². The first-order chi connectivity index (χ1) is 13.3. The maximum absolute atomic E-state index is 10.5. The number of hydrogen-bond donors (Lipinski definition) is 1. The molecular weight excluding hydrogens is 364 g/mol. The molecule has 2 atom stereocenters. The van der Waals surface area contributed by atoms with Crippen molar-refractivity contribution in [1.82, 2.24) is 0 Å². The quantitative estimate of drug-likeness (QED) is 0.751. The van der Waals surface area contributed by atoms with E-state index < -0.39 is 20.0 Å². The minimum atomic E-state index is -2.53. The third kappa shape index (κ3) is 4.11. The third-order valence-electron chi connectivity index (χ3n) is 6.09. The first-order valence-corrected chi connectivity index (χ1v) is 12.3.